The molecule has 19 heavy (non-hydrogen) atoms. The van der Waals surface area contributed by atoms with E-state index in [0.717, 1.165) is 38.2 Å². The molecule has 1 saturated heterocycles. The number of carbonyl (C=O) groups is 1. The first-order valence-electron chi connectivity index (χ1n) is 6.74. The number of hydrogen-bond donors (Lipinski definition) is 2. The third kappa shape index (κ3) is 4.25. The second-order valence-electron chi connectivity index (χ2n) is 4.85. The SMILES string of the molecule is NCCNC(=O)C1CCCN(Cc2cnccn2)C1. The fraction of sp³-hybridized carbons (Fsp3) is 0.615. The van der Waals surface area contributed by atoms with Gasteiger partial charge in [-0.2, -0.15) is 0 Å². The van der Waals surface area contributed by atoms with E-state index in [2.05, 4.69) is 20.2 Å². The van der Waals surface area contributed by atoms with E-state index in [1.165, 1.54) is 0 Å². The lowest BCUT2D eigenvalue weighted by Crippen LogP contribution is -2.43. The molecule has 1 fully saturated rings. The van der Waals surface area contributed by atoms with Crippen LogP contribution in [0.5, 0.6) is 0 Å². The van der Waals surface area contributed by atoms with Crippen LogP contribution in [0.4, 0.5) is 0 Å². The van der Waals surface area contributed by atoms with Crippen molar-refractivity contribution >= 4 is 5.91 Å². The van der Waals surface area contributed by atoms with Crippen molar-refractivity contribution in [1.82, 2.24) is 20.2 Å². The van der Waals surface area contributed by atoms with E-state index in [4.69, 9.17) is 5.73 Å². The van der Waals surface area contributed by atoms with Gasteiger partial charge in [0.05, 0.1) is 11.6 Å². The summed E-state index contributed by atoms with van der Waals surface area (Å²) in [6.45, 7) is 3.60. The van der Waals surface area contributed by atoms with E-state index in [9.17, 15) is 4.79 Å². The Balaban J connectivity index is 1.85. The predicted molar refractivity (Wildman–Crippen MR) is 72.1 cm³/mol. The van der Waals surface area contributed by atoms with Crippen LogP contribution < -0.4 is 11.1 Å². The van der Waals surface area contributed by atoms with Gasteiger partial charge in [-0.05, 0) is 19.4 Å². The number of rotatable bonds is 5. The summed E-state index contributed by atoms with van der Waals surface area (Å²) in [5.74, 6) is 0.186. The lowest BCUT2D eigenvalue weighted by atomic mass is 9.97. The summed E-state index contributed by atoms with van der Waals surface area (Å²) in [5.41, 5.74) is 6.35. The molecule has 1 unspecified atom stereocenters. The van der Waals surface area contributed by atoms with Crippen molar-refractivity contribution in [1.29, 1.82) is 0 Å². The van der Waals surface area contributed by atoms with E-state index >= 15 is 0 Å². The summed E-state index contributed by atoms with van der Waals surface area (Å²) in [6.07, 6.45) is 7.14. The highest BCUT2D eigenvalue weighted by Gasteiger charge is 2.25. The van der Waals surface area contributed by atoms with Crippen molar-refractivity contribution in [3.8, 4) is 0 Å². The van der Waals surface area contributed by atoms with Crippen molar-refractivity contribution in [2.45, 2.75) is 19.4 Å². The molecule has 0 aromatic carbocycles. The quantitative estimate of drug-likeness (QED) is 0.766. The van der Waals surface area contributed by atoms with Gasteiger partial charge < -0.3 is 11.1 Å². The molecule has 1 atom stereocenters. The van der Waals surface area contributed by atoms with Crippen molar-refractivity contribution in [2.24, 2.45) is 11.7 Å². The minimum atomic E-state index is 0.0666. The Bertz CT molecular complexity index is 397. The third-order valence-corrected chi connectivity index (χ3v) is 3.32. The van der Waals surface area contributed by atoms with Crippen LogP contribution in [0.2, 0.25) is 0 Å². The van der Waals surface area contributed by atoms with E-state index in [0.29, 0.717) is 13.1 Å². The fourth-order valence-corrected chi connectivity index (χ4v) is 2.39. The first-order chi connectivity index (χ1) is 9.29. The molecule has 1 amide bonds. The predicted octanol–water partition coefficient (Wildman–Crippen LogP) is -0.236. The van der Waals surface area contributed by atoms with Gasteiger partial charge in [0, 0.05) is 44.8 Å². The van der Waals surface area contributed by atoms with Gasteiger partial charge in [-0.25, -0.2) is 0 Å². The van der Waals surface area contributed by atoms with Gasteiger partial charge >= 0.3 is 0 Å². The fourth-order valence-electron chi connectivity index (χ4n) is 2.39. The molecule has 1 aliphatic heterocycles. The summed E-state index contributed by atoms with van der Waals surface area (Å²) >= 11 is 0. The van der Waals surface area contributed by atoms with Crippen molar-refractivity contribution in [3.05, 3.63) is 24.3 Å². The molecular weight excluding hydrogens is 242 g/mol. The standard InChI is InChI=1S/C13H21N5O/c14-3-4-17-13(19)11-2-1-7-18(9-11)10-12-8-15-5-6-16-12/h5-6,8,11H,1-4,7,9-10,14H2,(H,17,19). The smallest absolute Gasteiger partial charge is 0.224 e. The van der Waals surface area contributed by atoms with Crippen molar-refractivity contribution in [3.63, 3.8) is 0 Å². The van der Waals surface area contributed by atoms with E-state index in [1.807, 2.05) is 0 Å². The second kappa shape index (κ2) is 7.16. The molecule has 2 rings (SSSR count). The lowest BCUT2D eigenvalue weighted by Gasteiger charge is -2.31. The number of carbonyl (C=O) groups excluding carboxylic acids is 1. The Kier molecular flexibility index (Phi) is 5.23. The lowest BCUT2D eigenvalue weighted by molar-refractivity contribution is -0.126. The zero-order valence-corrected chi connectivity index (χ0v) is 11.1. The van der Waals surface area contributed by atoms with Crippen LogP contribution in [-0.4, -0.2) is 47.0 Å². The Hall–Kier alpha value is -1.53. The van der Waals surface area contributed by atoms with Crippen LogP contribution >= 0.6 is 0 Å². The summed E-state index contributed by atoms with van der Waals surface area (Å²) < 4.78 is 0. The summed E-state index contributed by atoms with van der Waals surface area (Å²) in [7, 11) is 0. The molecule has 1 aromatic heterocycles. The van der Waals surface area contributed by atoms with E-state index in [-0.39, 0.29) is 11.8 Å². The van der Waals surface area contributed by atoms with Gasteiger partial charge in [0.1, 0.15) is 0 Å². The highest BCUT2D eigenvalue weighted by atomic mass is 16.1. The zero-order chi connectivity index (χ0) is 13.5. The Morgan fingerprint density at radius 2 is 2.42 bits per heavy atom. The molecule has 6 heteroatoms. The maximum Gasteiger partial charge on any atom is 0.224 e. The maximum absolute atomic E-state index is 11.9. The van der Waals surface area contributed by atoms with Crippen LogP contribution in [0, 0.1) is 5.92 Å². The molecule has 0 aliphatic carbocycles. The van der Waals surface area contributed by atoms with Crippen molar-refractivity contribution < 1.29 is 4.79 Å². The molecule has 0 spiro atoms. The number of amides is 1. The number of nitrogens with two attached hydrogens (primary N) is 1. The van der Waals surface area contributed by atoms with Crippen LogP contribution in [0.15, 0.2) is 18.6 Å². The number of aromatic nitrogens is 2. The largest absolute Gasteiger partial charge is 0.355 e. The molecular formula is C13H21N5O. The number of nitrogens with one attached hydrogen (secondary N) is 1. The Morgan fingerprint density at radius 1 is 1.53 bits per heavy atom. The second-order valence-corrected chi connectivity index (χ2v) is 4.85. The van der Waals surface area contributed by atoms with E-state index < -0.39 is 0 Å². The summed E-state index contributed by atoms with van der Waals surface area (Å²) in [4.78, 5) is 22.5. The van der Waals surface area contributed by atoms with Crippen LogP contribution in [0.25, 0.3) is 0 Å². The molecule has 104 valence electrons. The van der Waals surface area contributed by atoms with Gasteiger partial charge in [-0.15, -0.1) is 0 Å². The monoisotopic (exact) mass is 263 g/mol. The Labute approximate surface area is 113 Å². The average molecular weight is 263 g/mol. The van der Waals surface area contributed by atoms with Gasteiger partial charge in [-0.1, -0.05) is 0 Å². The summed E-state index contributed by atoms with van der Waals surface area (Å²) in [5, 5.41) is 2.87. The van der Waals surface area contributed by atoms with Gasteiger partial charge in [0.15, 0.2) is 0 Å². The highest BCUT2D eigenvalue weighted by Crippen LogP contribution is 2.17. The van der Waals surface area contributed by atoms with Crippen molar-refractivity contribution in [2.75, 3.05) is 26.2 Å². The molecule has 0 saturated carbocycles. The van der Waals surface area contributed by atoms with Gasteiger partial charge in [0.25, 0.3) is 0 Å². The Morgan fingerprint density at radius 3 is 3.16 bits per heavy atom. The first-order valence-corrected chi connectivity index (χ1v) is 6.74. The third-order valence-electron chi connectivity index (χ3n) is 3.32. The zero-order valence-electron chi connectivity index (χ0n) is 11.1. The molecule has 2 heterocycles. The van der Waals surface area contributed by atoms with Crippen LogP contribution in [0.1, 0.15) is 18.5 Å². The van der Waals surface area contributed by atoms with Crippen LogP contribution in [0.3, 0.4) is 0 Å². The summed E-state index contributed by atoms with van der Waals surface area (Å²) in [6, 6.07) is 0. The number of nitrogens with zero attached hydrogens (tertiary/aromatic N) is 3. The highest BCUT2D eigenvalue weighted by molar-refractivity contribution is 5.78. The average Bonchev–Trinajstić information content (AvgIpc) is 2.46. The van der Waals surface area contributed by atoms with Crippen LogP contribution in [-0.2, 0) is 11.3 Å². The first kappa shape index (κ1) is 13.9. The molecule has 1 aliphatic rings. The molecule has 3 N–H and O–H groups in total. The number of piperidine rings is 1. The molecule has 6 nitrogen and oxygen atoms in total. The number of hydrogen-bond acceptors (Lipinski definition) is 5. The minimum Gasteiger partial charge on any atom is -0.355 e. The number of likely N-dealkylation sites (tertiary alicyclic amines) is 1. The molecule has 0 bridgehead atoms. The molecule has 1 aromatic rings. The minimum absolute atomic E-state index is 0.0666. The van der Waals surface area contributed by atoms with Gasteiger partial charge in [-0.3, -0.25) is 19.7 Å². The molecule has 0 radical (unpaired) electrons. The van der Waals surface area contributed by atoms with E-state index in [1.54, 1.807) is 18.6 Å². The topological polar surface area (TPSA) is 84.1 Å². The maximum atomic E-state index is 11.9. The normalized spacial score (nSPS) is 20.2. The van der Waals surface area contributed by atoms with Gasteiger partial charge in [0.2, 0.25) is 5.91 Å².